The molecule has 2 aromatic carbocycles. The quantitative estimate of drug-likeness (QED) is 0.659. The fourth-order valence-electron chi connectivity index (χ4n) is 2.03. The van der Waals surface area contributed by atoms with Crippen LogP contribution in [0.15, 0.2) is 36.4 Å². The van der Waals surface area contributed by atoms with Crippen molar-refractivity contribution in [3.63, 3.8) is 0 Å². The van der Waals surface area contributed by atoms with E-state index in [0.717, 1.165) is 0 Å². The van der Waals surface area contributed by atoms with Crippen LogP contribution in [0.25, 0.3) is 0 Å². The molecule has 1 N–H and O–H groups in total. The number of nitrogens with one attached hydrogen (secondary N) is 1. The molecular weight excluding hydrogens is 341 g/mol. The van der Waals surface area contributed by atoms with E-state index in [4.69, 9.17) is 23.2 Å². The summed E-state index contributed by atoms with van der Waals surface area (Å²) < 4.78 is 0. The number of benzene rings is 2. The van der Waals surface area contributed by atoms with E-state index in [2.05, 4.69) is 5.32 Å². The van der Waals surface area contributed by atoms with Gasteiger partial charge in [-0.1, -0.05) is 23.2 Å². The van der Waals surface area contributed by atoms with Crippen molar-refractivity contribution in [2.45, 2.75) is 0 Å². The molecule has 0 saturated heterocycles. The number of non-ortho nitro benzene ring substituents is 1. The van der Waals surface area contributed by atoms with Gasteiger partial charge in [-0.25, -0.2) is 0 Å². The first-order valence-corrected chi connectivity index (χ1v) is 7.26. The van der Waals surface area contributed by atoms with Gasteiger partial charge in [-0.15, -0.1) is 0 Å². The normalized spacial score (nSPS) is 10.3. The molecule has 2 rings (SSSR count). The number of nitro benzene ring substituents is 1. The van der Waals surface area contributed by atoms with Crippen LogP contribution in [0.2, 0.25) is 10.0 Å². The molecule has 0 radical (unpaired) electrons. The molecule has 0 bridgehead atoms. The lowest BCUT2D eigenvalue weighted by Crippen LogP contribution is -2.18. The number of rotatable bonds is 4. The van der Waals surface area contributed by atoms with Crippen molar-refractivity contribution in [1.29, 1.82) is 0 Å². The fraction of sp³-hybridized carbons (Fsp3) is 0.133. The van der Waals surface area contributed by atoms with Crippen LogP contribution in [0.1, 0.15) is 10.4 Å². The molecule has 120 valence electrons. The number of hydrogen-bond acceptors (Lipinski definition) is 4. The van der Waals surface area contributed by atoms with Crippen LogP contribution in [0, 0.1) is 10.1 Å². The number of halogens is 2. The van der Waals surface area contributed by atoms with Gasteiger partial charge in [-0.3, -0.25) is 14.9 Å². The van der Waals surface area contributed by atoms with Gasteiger partial charge < -0.3 is 10.2 Å². The standard InChI is InChI=1S/C15H13Cl2N3O3/c1-19(2)14-4-3-12(20(22)23)8-13(14)15(21)18-11-6-9(16)5-10(17)7-11/h3-8H,1-2H3,(H,18,21). The predicted molar refractivity (Wildman–Crippen MR) is 91.8 cm³/mol. The Bertz CT molecular complexity index is 758. The molecule has 0 aliphatic rings. The summed E-state index contributed by atoms with van der Waals surface area (Å²) in [7, 11) is 3.49. The number of hydrogen-bond donors (Lipinski definition) is 1. The number of amides is 1. The Morgan fingerprint density at radius 3 is 2.26 bits per heavy atom. The Balaban J connectivity index is 2.40. The summed E-state index contributed by atoms with van der Waals surface area (Å²) in [6, 6.07) is 8.73. The van der Waals surface area contributed by atoms with E-state index in [9.17, 15) is 14.9 Å². The minimum Gasteiger partial charge on any atom is -0.377 e. The number of carbonyl (C=O) groups excluding carboxylic acids is 1. The number of anilines is 2. The molecule has 0 aliphatic carbocycles. The Hall–Kier alpha value is -2.31. The van der Waals surface area contributed by atoms with Gasteiger partial charge in [0.25, 0.3) is 11.6 Å². The van der Waals surface area contributed by atoms with E-state index >= 15 is 0 Å². The van der Waals surface area contributed by atoms with E-state index in [-0.39, 0.29) is 11.3 Å². The first kappa shape index (κ1) is 17.1. The van der Waals surface area contributed by atoms with Gasteiger partial charge >= 0.3 is 0 Å². The molecule has 6 nitrogen and oxygen atoms in total. The number of nitro groups is 1. The van der Waals surface area contributed by atoms with Crippen molar-refractivity contribution in [2.75, 3.05) is 24.3 Å². The molecule has 0 saturated carbocycles. The van der Waals surface area contributed by atoms with E-state index in [1.807, 2.05) is 0 Å². The van der Waals surface area contributed by atoms with Crippen molar-refractivity contribution in [3.05, 3.63) is 62.1 Å². The first-order valence-electron chi connectivity index (χ1n) is 6.51. The molecule has 8 heteroatoms. The largest absolute Gasteiger partial charge is 0.377 e. The van der Waals surface area contributed by atoms with Crippen molar-refractivity contribution >= 4 is 46.2 Å². The van der Waals surface area contributed by atoms with Gasteiger partial charge in [0.15, 0.2) is 0 Å². The van der Waals surface area contributed by atoms with Crippen molar-refractivity contribution in [1.82, 2.24) is 0 Å². The summed E-state index contributed by atoms with van der Waals surface area (Å²) in [6.45, 7) is 0. The van der Waals surface area contributed by atoms with Crippen LogP contribution in [-0.4, -0.2) is 24.9 Å². The average molecular weight is 354 g/mol. The topological polar surface area (TPSA) is 75.5 Å². The van der Waals surface area contributed by atoms with Gasteiger partial charge in [0.1, 0.15) is 0 Å². The van der Waals surface area contributed by atoms with E-state index in [0.29, 0.717) is 21.4 Å². The minimum absolute atomic E-state index is 0.162. The molecule has 0 fully saturated rings. The predicted octanol–water partition coefficient (Wildman–Crippen LogP) is 4.22. The summed E-state index contributed by atoms with van der Waals surface area (Å²) in [6.07, 6.45) is 0. The summed E-state index contributed by atoms with van der Waals surface area (Å²) in [5.41, 5.74) is 0.982. The van der Waals surface area contributed by atoms with Crippen LogP contribution < -0.4 is 10.2 Å². The molecule has 2 aromatic rings. The first-order chi connectivity index (χ1) is 10.8. The molecule has 0 spiro atoms. The van der Waals surface area contributed by atoms with Crippen molar-refractivity contribution < 1.29 is 9.72 Å². The molecule has 0 atom stereocenters. The van der Waals surface area contributed by atoms with Gasteiger partial charge in [0, 0.05) is 47.6 Å². The molecule has 0 aliphatic heterocycles. The Morgan fingerprint density at radius 1 is 1.13 bits per heavy atom. The van der Waals surface area contributed by atoms with Crippen LogP contribution >= 0.6 is 23.2 Å². The fourth-order valence-corrected chi connectivity index (χ4v) is 2.56. The maximum Gasteiger partial charge on any atom is 0.270 e. The van der Waals surface area contributed by atoms with Crippen molar-refractivity contribution in [3.8, 4) is 0 Å². The zero-order valence-electron chi connectivity index (χ0n) is 12.3. The Morgan fingerprint density at radius 2 is 1.74 bits per heavy atom. The zero-order valence-corrected chi connectivity index (χ0v) is 13.9. The maximum absolute atomic E-state index is 12.5. The lowest BCUT2D eigenvalue weighted by Gasteiger charge is -2.17. The smallest absolute Gasteiger partial charge is 0.270 e. The van der Waals surface area contributed by atoms with Gasteiger partial charge in [0.2, 0.25) is 0 Å². The monoisotopic (exact) mass is 353 g/mol. The Kier molecular flexibility index (Phi) is 5.08. The van der Waals surface area contributed by atoms with Gasteiger partial charge in [-0.2, -0.15) is 0 Å². The van der Waals surface area contributed by atoms with E-state index in [1.54, 1.807) is 19.0 Å². The third-order valence-corrected chi connectivity index (χ3v) is 3.47. The summed E-state index contributed by atoms with van der Waals surface area (Å²) in [5, 5.41) is 14.3. The van der Waals surface area contributed by atoms with Crippen molar-refractivity contribution in [2.24, 2.45) is 0 Å². The molecule has 1 amide bonds. The molecule has 0 aromatic heterocycles. The van der Waals surface area contributed by atoms with Crippen LogP contribution in [0.5, 0.6) is 0 Å². The third kappa shape index (κ3) is 4.12. The second-order valence-electron chi connectivity index (χ2n) is 4.97. The highest BCUT2D eigenvalue weighted by atomic mass is 35.5. The SMILES string of the molecule is CN(C)c1ccc([N+](=O)[O-])cc1C(=O)Nc1cc(Cl)cc(Cl)c1. The average Bonchev–Trinajstić information content (AvgIpc) is 2.45. The molecule has 23 heavy (non-hydrogen) atoms. The maximum atomic E-state index is 12.5. The lowest BCUT2D eigenvalue weighted by atomic mass is 10.1. The lowest BCUT2D eigenvalue weighted by molar-refractivity contribution is -0.384. The zero-order chi connectivity index (χ0) is 17.1. The Labute approximate surface area is 142 Å². The van der Waals surface area contributed by atoms with E-state index < -0.39 is 10.8 Å². The summed E-state index contributed by atoms with van der Waals surface area (Å²) >= 11 is 11.8. The van der Waals surface area contributed by atoms with Crippen LogP contribution in [-0.2, 0) is 0 Å². The minimum atomic E-state index is -0.549. The molecular formula is C15H13Cl2N3O3. The highest BCUT2D eigenvalue weighted by Gasteiger charge is 2.18. The number of carbonyl (C=O) groups is 1. The highest BCUT2D eigenvalue weighted by Crippen LogP contribution is 2.27. The highest BCUT2D eigenvalue weighted by molar-refractivity contribution is 6.35. The molecule has 0 unspecified atom stereocenters. The number of nitrogens with zero attached hydrogens (tertiary/aromatic N) is 2. The second kappa shape index (κ2) is 6.85. The van der Waals surface area contributed by atoms with Gasteiger partial charge in [0.05, 0.1) is 10.5 Å². The van der Waals surface area contributed by atoms with Crippen LogP contribution in [0.4, 0.5) is 17.1 Å². The van der Waals surface area contributed by atoms with Crippen LogP contribution in [0.3, 0.4) is 0 Å². The van der Waals surface area contributed by atoms with E-state index in [1.165, 1.54) is 36.4 Å². The molecule has 0 heterocycles. The second-order valence-corrected chi connectivity index (χ2v) is 5.84. The summed E-state index contributed by atoms with van der Waals surface area (Å²) in [5.74, 6) is -0.490. The summed E-state index contributed by atoms with van der Waals surface area (Å²) in [4.78, 5) is 24.6. The van der Waals surface area contributed by atoms with Gasteiger partial charge in [-0.05, 0) is 24.3 Å². The third-order valence-electron chi connectivity index (χ3n) is 3.04.